The highest BCUT2D eigenvalue weighted by Crippen LogP contribution is 2.35. The maximum atomic E-state index is 12.8. The van der Waals surface area contributed by atoms with Gasteiger partial charge in [0.05, 0.1) is 16.3 Å². The molecule has 1 aromatic rings. The standard InChI is InChI=1S/C13H8ClF6NO3/c14-7-2-1-6(12(15,16)17)5-8(7)21-11(22)9-10(13(18,19)20)24-4-3-23-9/h1-2,5H,3-4H2,(H,21,22). The summed E-state index contributed by atoms with van der Waals surface area (Å²) in [6.07, 6.45) is -9.71. The first-order valence-electron chi connectivity index (χ1n) is 6.25. The smallest absolute Gasteiger partial charge is 0.453 e. The zero-order valence-electron chi connectivity index (χ0n) is 11.5. The number of ether oxygens (including phenoxy) is 2. The minimum atomic E-state index is -5.00. The van der Waals surface area contributed by atoms with Crippen LogP contribution in [0, 0.1) is 0 Å². The van der Waals surface area contributed by atoms with E-state index in [0.717, 1.165) is 6.07 Å². The second-order valence-electron chi connectivity index (χ2n) is 4.50. The Morgan fingerprint density at radius 3 is 2.25 bits per heavy atom. The lowest BCUT2D eigenvalue weighted by Gasteiger charge is -2.23. The van der Waals surface area contributed by atoms with Crippen molar-refractivity contribution in [1.82, 2.24) is 0 Å². The number of hydrogen-bond donors (Lipinski definition) is 1. The van der Waals surface area contributed by atoms with Crippen molar-refractivity contribution in [1.29, 1.82) is 0 Å². The van der Waals surface area contributed by atoms with E-state index in [0.29, 0.717) is 12.1 Å². The van der Waals surface area contributed by atoms with Gasteiger partial charge in [0.1, 0.15) is 13.2 Å². The molecule has 0 bridgehead atoms. The maximum Gasteiger partial charge on any atom is 0.453 e. The van der Waals surface area contributed by atoms with Gasteiger partial charge in [-0.05, 0) is 18.2 Å². The molecule has 1 aliphatic rings. The van der Waals surface area contributed by atoms with Crippen LogP contribution in [-0.2, 0) is 20.4 Å². The van der Waals surface area contributed by atoms with Gasteiger partial charge >= 0.3 is 12.4 Å². The highest BCUT2D eigenvalue weighted by Gasteiger charge is 2.43. The molecule has 1 aliphatic heterocycles. The Morgan fingerprint density at radius 2 is 1.67 bits per heavy atom. The number of alkyl halides is 6. The zero-order chi connectivity index (χ0) is 18.1. The number of benzene rings is 1. The highest BCUT2D eigenvalue weighted by molar-refractivity contribution is 6.33. The molecular formula is C13H8ClF6NO3. The van der Waals surface area contributed by atoms with Gasteiger partial charge in [-0.25, -0.2) is 0 Å². The third kappa shape index (κ3) is 4.05. The molecule has 0 saturated carbocycles. The van der Waals surface area contributed by atoms with Crippen molar-refractivity contribution in [3.8, 4) is 0 Å². The van der Waals surface area contributed by atoms with E-state index < -0.39 is 47.6 Å². The molecule has 0 saturated heterocycles. The van der Waals surface area contributed by atoms with Gasteiger partial charge in [0.15, 0.2) is 0 Å². The van der Waals surface area contributed by atoms with Gasteiger partial charge in [-0.2, -0.15) is 26.3 Å². The molecule has 132 valence electrons. The molecule has 0 aromatic heterocycles. The molecule has 24 heavy (non-hydrogen) atoms. The van der Waals surface area contributed by atoms with E-state index in [1.807, 2.05) is 5.32 Å². The minimum absolute atomic E-state index is 0.290. The number of rotatable bonds is 2. The van der Waals surface area contributed by atoms with E-state index in [2.05, 4.69) is 9.47 Å². The van der Waals surface area contributed by atoms with Crippen molar-refractivity contribution in [2.45, 2.75) is 12.4 Å². The van der Waals surface area contributed by atoms with Crippen molar-refractivity contribution in [3.05, 3.63) is 40.3 Å². The Hall–Kier alpha value is -2.10. The van der Waals surface area contributed by atoms with E-state index >= 15 is 0 Å². The number of amides is 1. The Balaban J connectivity index is 2.34. The first kappa shape index (κ1) is 18.2. The van der Waals surface area contributed by atoms with E-state index in [4.69, 9.17) is 11.6 Å². The largest absolute Gasteiger partial charge is 0.483 e. The molecule has 0 unspecified atom stereocenters. The first-order valence-corrected chi connectivity index (χ1v) is 6.63. The molecule has 0 aliphatic carbocycles. The average Bonchev–Trinajstić information content (AvgIpc) is 2.47. The molecule has 4 nitrogen and oxygen atoms in total. The van der Waals surface area contributed by atoms with Crippen molar-refractivity contribution in [3.63, 3.8) is 0 Å². The fraction of sp³-hybridized carbons (Fsp3) is 0.308. The number of hydrogen-bond acceptors (Lipinski definition) is 3. The monoisotopic (exact) mass is 375 g/mol. The fourth-order valence-electron chi connectivity index (χ4n) is 1.77. The zero-order valence-corrected chi connectivity index (χ0v) is 12.3. The molecule has 0 atom stereocenters. The number of nitrogens with one attached hydrogen (secondary N) is 1. The summed E-state index contributed by atoms with van der Waals surface area (Å²) in [5.74, 6) is -4.26. The van der Waals surface area contributed by atoms with Crippen molar-refractivity contribution >= 4 is 23.2 Å². The summed E-state index contributed by atoms with van der Waals surface area (Å²) >= 11 is 5.66. The quantitative estimate of drug-likeness (QED) is 0.791. The third-order valence-corrected chi connectivity index (χ3v) is 3.12. The van der Waals surface area contributed by atoms with Crippen molar-refractivity contribution < 1.29 is 40.6 Å². The first-order chi connectivity index (χ1) is 11.0. The van der Waals surface area contributed by atoms with Gasteiger partial charge in [-0.3, -0.25) is 4.79 Å². The van der Waals surface area contributed by atoms with Gasteiger partial charge in [0.2, 0.25) is 11.5 Å². The maximum absolute atomic E-state index is 12.8. The molecule has 0 spiro atoms. The number of carbonyl (C=O) groups excluding carboxylic acids is 1. The van der Waals surface area contributed by atoms with Crippen LogP contribution in [0.3, 0.4) is 0 Å². The molecule has 2 rings (SSSR count). The molecular weight excluding hydrogens is 368 g/mol. The van der Waals surface area contributed by atoms with Crippen LogP contribution in [0.4, 0.5) is 32.0 Å². The normalized spacial score (nSPS) is 15.6. The predicted molar refractivity (Wildman–Crippen MR) is 70.1 cm³/mol. The lowest BCUT2D eigenvalue weighted by atomic mass is 10.2. The SMILES string of the molecule is O=C(Nc1cc(C(F)(F)F)ccc1Cl)C1=C(C(F)(F)F)OCCO1. The lowest BCUT2D eigenvalue weighted by Crippen LogP contribution is -2.30. The summed E-state index contributed by atoms with van der Waals surface area (Å²) in [5.41, 5.74) is -1.65. The highest BCUT2D eigenvalue weighted by atomic mass is 35.5. The van der Waals surface area contributed by atoms with Crippen LogP contribution < -0.4 is 5.32 Å². The molecule has 1 aromatic carbocycles. The fourth-order valence-corrected chi connectivity index (χ4v) is 1.94. The Kier molecular flexibility index (Phi) is 4.88. The van der Waals surface area contributed by atoms with Crippen molar-refractivity contribution in [2.75, 3.05) is 18.5 Å². The van der Waals surface area contributed by atoms with Gasteiger partial charge in [-0.1, -0.05) is 11.6 Å². The molecule has 0 fully saturated rings. The van der Waals surface area contributed by atoms with Crippen LogP contribution in [-0.4, -0.2) is 25.3 Å². The summed E-state index contributed by atoms with van der Waals surface area (Å²) in [5, 5.41) is 1.57. The van der Waals surface area contributed by atoms with Gasteiger partial charge < -0.3 is 14.8 Å². The minimum Gasteiger partial charge on any atom is -0.483 e. The number of anilines is 1. The van der Waals surface area contributed by atoms with E-state index in [1.165, 1.54) is 0 Å². The Labute approximate surface area is 136 Å². The van der Waals surface area contributed by atoms with Crippen LogP contribution in [0.1, 0.15) is 5.56 Å². The van der Waals surface area contributed by atoms with Gasteiger partial charge in [-0.15, -0.1) is 0 Å². The summed E-state index contributed by atoms with van der Waals surface area (Å²) < 4.78 is 85.3. The second-order valence-corrected chi connectivity index (χ2v) is 4.91. The van der Waals surface area contributed by atoms with Gasteiger partial charge in [0.25, 0.3) is 5.91 Å². The lowest BCUT2D eigenvalue weighted by molar-refractivity contribution is -0.151. The molecule has 1 heterocycles. The Morgan fingerprint density at radius 1 is 1.04 bits per heavy atom. The Bertz CT molecular complexity index is 683. The average molecular weight is 376 g/mol. The predicted octanol–water partition coefficient (Wildman–Crippen LogP) is 4.12. The van der Waals surface area contributed by atoms with Gasteiger partial charge in [0, 0.05) is 0 Å². The summed E-state index contributed by atoms with van der Waals surface area (Å²) in [6, 6.07) is 2.02. The summed E-state index contributed by atoms with van der Waals surface area (Å²) in [7, 11) is 0. The van der Waals surface area contributed by atoms with Crippen LogP contribution in [0.5, 0.6) is 0 Å². The summed E-state index contributed by atoms with van der Waals surface area (Å²) in [6.45, 7) is -0.741. The number of carbonyl (C=O) groups is 1. The number of allylic oxidation sites excluding steroid dienone is 1. The molecule has 11 heteroatoms. The molecule has 0 radical (unpaired) electrons. The van der Waals surface area contributed by atoms with E-state index in [9.17, 15) is 31.1 Å². The third-order valence-electron chi connectivity index (χ3n) is 2.79. The van der Waals surface area contributed by atoms with Crippen LogP contribution in [0.15, 0.2) is 29.7 Å². The molecule has 1 amide bonds. The number of halogens is 7. The van der Waals surface area contributed by atoms with E-state index in [1.54, 1.807) is 0 Å². The second kappa shape index (κ2) is 6.42. The molecule has 1 N–H and O–H groups in total. The van der Waals surface area contributed by atoms with Crippen LogP contribution >= 0.6 is 11.6 Å². The van der Waals surface area contributed by atoms with Crippen LogP contribution in [0.25, 0.3) is 0 Å². The van der Waals surface area contributed by atoms with Crippen molar-refractivity contribution in [2.24, 2.45) is 0 Å². The van der Waals surface area contributed by atoms with Crippen LogP contribution in [0.2, 0.25) is 5.02 Å². The van der Waals surface area contributed by atoms with E-state index in [-0.39, 0.29) is 11.6 Å². The summed E-state index contributed by atoms with van der Waals surface area (Å²) in [4.78, 5) is 11.9. The topological polar surface area (TPSA) is 47.6 Å².